The molecule has 0 heterocycles. The van der Waals surface area contributed by atoms with Gasteiger partial charge in [0.2, 0.25) is 0 Å². The van der Waals surface area contributed by atoms with Crippen LogP contribution in [0.25, 0.3) is 0 Å². The molecule has 2 heteroatoms. The van der Waals surface area contributed by atoms with Crippen LogP contribution in [0.2, 0.25) is 0 Å². The van der Waals surface area contributed by atoms with E-state index >= 15 is 0 Å². The standard InChI is InChI=1S/C9H18O2/c1-8(2)6-5-7-9(10-3)11-4/h5-6,8-9H,7H2,1-4H3. The topological polar surface area (TPSA) is 18.5 Å². The molecule has 0 aliphatic heterocycles. The molecule has 0 saturated heterocycles. The van der Waals surface area contributed by atoms with Crippen molar-refractivity contribution >= 4 is 0 Å². The predicted molar refractivity (Wildman–Crippen MR) is 46.4 cm³/mol. The van der Waals surface area contributed by atoms with Crippen molar-refractivity contribution in [1.82, 2.24) is 0 Å². The molecular weight excluding hydrogens is 140 g/mol. The molecule has 0 aromatic heterocycles. The summed E-state index contributed by atoms with van der Waals surface area (Å²) in [6.45, 7) is 4.29. The van der Waals surface area contributed by atoms with E-state index in [0.29, 0.717) is 5.92 Å². The summed E-state index contributed by atoms with van der Waals surface area (Å²) in [4.78, 5) is 0. The van der Waals surface area contributed by atoms with Crippen LogP contribution in [-0.2, 0) is 9.47 Å². The Hall–Kier alpha value is -0.340. The first kappa shape index (κ1) is 10.7. The minimum absolute atomic E-state index is 0.0926. The minimum Gasteiger partial charge on any atom is -0.356 e. The molecular formula is C9H18O2. The van der Waals surface area contributed by atoms with E-state index in [2.05, 4.69) is 26.0 Å². The van der Waals surface area contributed by atoms with Crippen LogP contribution in [0.4, 0.5) is 0 Å². The Labute approximate surface area is 69.2 Å². The molecule has 0 fully saturated rings. The van der Waals surface area contributed by atoms with Crippen LogP contribution in [0.5, 0.6) is 0 Å². The van der Waals surface area contributed by atoms with Crippen molar-refractivity contribution in [3.05, 3.63) is 12.2 Å². The highest BCUT2D eigenvalue weighted by molar-refractivity contribution is 4.85. The highest BCUT2D eigenvalue weighted by atomic mass is 16.7. The van der Waals surface area contributed by atoms with Gasteiger partial charge in [0.05, 0.1) is 0 Å². The summed E-state index contributed by atoms with van der Waals surface area (Å²) >= 11 is 0. The normalized spacial score (nSPS) is 12.2. The number of ether oxygens (including phenoxy) is 2. The second-order valence-electron chi connectivity index (χ2n) is 2.81. The minimum atomic E-state index is -0.0926. The van der Waals surface area contributed by atoms with E-state index in [4.69, 9.17) is 9.47 Å². The van der Waals surface area contributed by atoms with Gasteiger partial charge in [-0.2, -0.15) is 0 Å². The monoisotopic (exact) mass is 158 g/mol. The van der Waals surface area contributed by atoms with Crippen molar-refractivity contribution in [3.8, 4) is 0 Å². The Morgan fingerprint density at radius 1 is 1.18 bits per heavy atom. The highest BCUT2D eigenvalue weighted by Gasteiger charge is 1.99. The van der Waals surface area contributed by atoms with E-state index in [1.165, 1.54) is 0 Å². The molecule has 0 aliphatic rings. The fraction of sp³-hybridized carbons (Fsp3) is 0.778. The van der Waals surface area contributed by atoms with Gasteiger partial charge in [-0.05, 0) is 5.92 Å². The van der Waals surface area contributed by atoms with Gasteiger partial charge in [-0.15, -0.1) is 0 Å². The van der Waals surface area contributed by atoms with Gasteiger partial charge in [0, 0.05) is 20.6 Å². The van der Waals surface area contributed by atoms with Gasteiger partial charge in [-0.25, -0.2) is 0 Å². The van der Waals surface area contributed by atoms with E-state index < -0.39 is 0 Å². The van der Waals surface area contributed by atoms with Gasteiger partial charge >= 0.3 is 0 Å². The SMILES string of the molecule is COC(CC=CC(C)C)OC. The van der Waals surface area contributed by atoms with Crippen LogP contribution in [0, 0.1) is 5.92 Å². The third kappa shape index (κ3) is 6.07. The van der Waals surface area contributed by atoms with Crippen LogP contribution >= 0.6 is 0 Å². The Bertz CT molecular complexity index is 104. The molecule has 0 radical (unpaired) electrons. The van der Waals surface area contributed by atoms with Crippen molar-refractivity contribution < 1.29 is 9.47 Å². The molecule has 0 N–H and O–H groups in total. The average molecular weight is 158 g/mol. The zero-order valence-corrected chi connectivity index (χ0v) is 7.83. The van der Waals surface area contributed by atoms with Crippen LogP contribution < -0.4 is 0 Å². The van der Waals surface area contributed by atoms with E-state index in [0.717, 1.165) is 6.42 Å². The molecule has 0 amide bonds. The lowest BCUT2D eigenvalue weighted by Gasteiger charge is -2.09. The van der Waals surface area contributed by atoms with Crippen molar-refractivity contribution in [3.63, 3.8) is 0 Å². The summed E-state index contributed by atoms with van der Waals surface area (Å²) in [5.74, 6) is 0.601. The van der Waals surface area contributed by atoms with Gasteiger partial charge in [0.1, 0.15) is 0 Å². The summed E-state index contributed by atoms with van der Waals surface area (Å²) in [5.41, 5.74) is 0. The lowest BCUT2D eigenvalue weighted by molar-refractivity contribution is -0.0986. The Balaban J connectivity index is 3.49. The van der Waals surface area contributed by atoms with Gasteiger partial charge < -0.3 is 9.47 Å². The average Bonchev–Trinajstić information content (AvgIpc) is 1.98. The second-order valence-corrected chi connectivity index (χ2v) is 2.81. The first-order chi connectivity index (χ1) is 5.20. The van der Waals surface area contributed by atoms with Gasteiger partial charge in [0.15, 0.2) is 6.29 Å². The molecule has 0 saturated carbocycles. The van der Waals surface area contributed by atoms with Gasteiger partial charge in [-0.3, -0.25) is 0 Å². The molecule has 0 bridgehead atoms. The van der Waals surface area contributed by atoms with Crippen molar-refractivity contribution in [2.24, 2.45) is 5.92 Å². The number of hydrogen-bond donors (Lipinski definition) is 0. The zero-order valence-electron chi connectivity index (χ0n) is 7.83. The number of methoxy groups -OCH3 is 2. The molecule has 0 rings (SSSR count). The largest absolute Gasteiger partial charge is 0.356 e. The van der Waals surface area contributed by atoms with Gasteiger partial charge in [-0.1, -0.05) is 26.0 Å². The fourth-order valence-corrected chi connectivity index (χ4v) is 0.751. The van der Waals surface area contributed by atoms with Crippen molar-refractivity contribution in [2.45, 2.75) is 26.6 Å². The molecule has 0 spiro atoms. The molecule has 66 valence electrons. The second kappa shape index (κ2) is 6.38. The van der Waals surface area contributed by atoms with E-state index in [9.17, 15) is 0 Å². The van der Waals surface area contributed by atoms with Crippen LogP contribution in [0.1, 0.15) is 20.3 Å². The number of rotatable bonds is 5. The van der Waals surface area contributed by atoms with E-state index in [1.807, 2.05) is 0 Å². The van der Waals surface area contributed by atoms with Crippen LogP contribution in [0.3, 0.4) is 0 Å². The maximum Gasteiger partial charge on any atom is 0.160 e. The van der Waals surface area contributed by atoms with Crippen molar-refractivity contribution in [2.75, 3.05) is 14.2 Å². The molecule has 0 aromatic rings. The fourth-order valence-electron chi connectivity index (χ4n) is 0.751. The highest BCUT2D eigenvalue weighted by Crippen LogP contribution is 2.01. The summed E-state index contributed by atoms with van der Waals surface area (Å²) in [7, 11) is 3.30. The predicted octanol–water partition coefficient (Wildman–Crippen LogP) is 2.21. The van der Waals surface area contributed by atoms with E-state index in [-0.39, 0.29) is 6.29 Å². The summed E-state index contributed by atoms with van der Waals surface area (Å²) in [6, 6.07) is 0. The summed E-state index contributed by atoms with van der Waals surface area (Å²) in [5, 5.41) is 0. The van der Waals surface area contributed by atoms with Gasteiger partial charge in [0.25, 0.3) is 0 Å². The van der Waals surface area contributed by atoms with E-state index in [1.54, 1.807) is 14.2 Å². The lowest BCUT2D eigenvalue weighted by Crippen LogP contribution is -2.11. The molecule has 0 aliphatic carbocycles. The summed E-state index contributed by atoms with van der Waals surface area (Å²) < 4.78 is 10.0. The Morgan fingerprint density at radius 2 is 1.73 bits per heavy atom. The zero-order chi connectivity index (χ0) is 8.69. The smallest absolute Gasteiger partial charge is 0.160 e. The maximum absolute atomic E-state index is 5.01. The Kier molecular flexibility index (Phi) is 6.18. The first-order valence-electron chi connectivity index (χ1n) is 3.93. The van der Waals surface area contributed by atoms with Crippen LogP contribution in [-0.4, -0.2) is 20.5 Å². The maximum atomic E-state index is 5.01. The number of hydrogen-bond acceptors (Lipinski definition) is 2. The summed E-state index contributed by atoms with van der Waals surface area (Å²) in [6.07, 6.45) is 4.96. The van der Waals surface area contributed by atoms with Crippen molar-refractivity contribution in [1.29, 1.82) is 0 Å². The molecule has 0 unspecified atom stereocenters. The Morgan fingerprint density at radius 3 is 2.09 bits per heavy atom. The molecule has 0 aromatic carbocycles. The lowest BCUT2D eigenvalue weighted by atomic mass is 10.2. The molecule has 11 heavy (non-hydrogen) atoms. The molecule has 2 nitrogen and oxygen atoms in total. The first-order valence-corrected chi connectivity index (χ1v) is 3.93. The number of allylic oxidation sites excluding steroid dienone is 1. The third-order valence-corrected chi connectivity index (χ3v) is 1.38. The van der Waals surface area contributed by atoms with Crippen LogP contribution in [0.15, 0.2) is 12.2 Å². The quantitative estimate of drug-likeness (QED) is 0.451. The third-order valence-electron chi connectivity index (χ3n) is 1.38. The molecule has 0 atom stereocenters.